The molecule has 6 rings (SSSR count). The molecule has 4 heterocycles. The van der Waals surface area contributed by atoms with Crippen LogP contribution in [0.2, 0.25) is 0 Å². The average molecular weight is 635 g/mol. The molecule has 4 aliphatic heterocycles. The first-order chi connectivity index (χ1) is 17.5. The van der Waals surface area contributed by atoms with Crippen molar-refractivity contribution in [1.29, 1.82) is 0 Å². The average Bonchev–Trinajstić information content (AvgIpc) is 3.48. The second-order valence-electron chi connectivity index (χ2n) is 7.47. The molecule has 36 heavy (non-hydrogen) atoms. The third-order valence-corrected chi connectivity index (χ3v) is 16.8. The van der Waals surface area contributed by atoms with Gasteiger partial charge in [-0.3, -0.25) is 0 Å². The zero-order valence-corrected chi connectivity index (χ0v) is 24.6. The van der Waals surface area contributed by atoms with Gasteiger partial charge in [0.1, 0.15) is 23.3 Å². The summed E-state index contributed by atoms with van der Waals surface area (Å²) in [5, 5.41) is 0. The highest BCUT2D eigenvalue weighted by Gasteiger charge is 2.36. The molecule has 0 aliphatic carbocycles. The van der Waals surface area contributed by atoms with Crippen molar-refractivity contribution in [2.45, 2.75) is 0 Å². The van der Waals surface area contributed by atoms with Crippen molar-refractivity contribution in [3.05, 3.63) is 96.2 Å². The monoisotopic (exact) mass is 634 g/mol. The highest BCUT2D eigenvalue weighted by molar-refractivity contribution is 8.42. The minimum Gasteiger partial charge on any atom is -0.206 e. The molecule has 0 aromatic heterocycles. The molecule has 186 valence electrons. The molecule has 0 bridgehead atoms. The van der Waals surface area contributed by atoms with Crippen LogP contribution in [0.25, 0.3) is 11.1 Å². The van der Waals surface area contributed by atoms with Gasteiger partial charge in [-0.05, 0) is 24.3 Å². The first-order valence-corrected chi connectivity index (χ1v) is 17.8. The number of allylic oxidation sites excluding steroid dienone is 2. The summed E-state index contributed by atoms with van der Waals surface area (Å²) in [5.41, 5.74) is -0.0761. The van der Waals surface area contributed by atoms with E-state index in [1.54, 1.807) is 47.0 Å². The molecule has 4 aliphatic rings. The Balaban J connectivity index is 1.63. The third kappa shape index (κ3) is 4.98. The van der Waals surface area contributed by atoms with E-state index in [4.69, 9.17) is 0 Å². The van der Waals surface area contributed by atoms with E-state index in [0.29, 0.717) is 8.47 Å². The van der Waals surface area contributed by atoms with Crippen molar-refractivity contribution in [3.8, 4) is 0 Å². The van der Waals surface area contributed by atoms with Gasteiger partial charge in [-0.15, -0.1) is 47.0 Å². The molecule has 0 radical (unpaired) electrons. The third-order valence-electron chi connectivity index (χ3n) is 5.26. The van der Waals surface area contributed by atoms with E-state index in [2.05, 4.69) is 0 Å². The van der Waals surface area contributed by atoms with Crippen LogP contribution >= 0.6 is 94.1 Å². The lowest BCUT2D eigenvalue weighted by molar-refractivity contribution is 0.573. The van der Waals surface area contributed by atoms with Gasteiger partial charge in [0.05, 0.1) is 36.5 Å². The molecule has 0 saturated carbocycles. The molecule has 2 aromatic carbocycles. The van der Waals surface area contributed by atoms with E-state index in [9.17, 15) is 0 Å². The van der Waals surface area contributed by atoms with E-state index in [0.717, 1.165) is 40.0 Å². The molecule has 0 unspecified atom stereocenters. The van der Waals surface area contributed by atoms with Gasteiger partial charge in [-0.1, -0.05) is 59.2 Å². The molecule has 0 fully saturated rings. The maximum atomic E-state index is 15.4. The smallest absolute Gasteiger partial charge is 0.134 e. The maximum Gasteiger partial charge on any atom is 0.134 e. The molecule has 0 amide bonds. The lowest BCUT2D eigenvalue weighted by Crippen LogP contribution is -2.04. The zero-order chi connectivity index (χ0) is 24.8. The SMILES string of the molecule is Fc1cccc(F)c1C(=C1SC2=C(SCCS2)S1)C(=C1SC2=C(SCCS2)S1)c1c(F)cccc1F. The maximum absolute atomic E-state index is 15.4. The van der Waals surface area contributed by atoms with E-state index in [-0.39, 0.29) is 22.3 Å². The van der Waals surface area contributed by atoms with Gasteiger partial charge in [0.2, 0.25) is 0 Å². The van der Waals surface area contributed by atoms with Crippen LogP contribution in [0, 0.1) is 23.3 Å². The Morgan fingerprint density at radius 2 is 0.750 bits per heavy atom. The van der Waals surface area contributed by atoms with Gasteiger partial charge in [-0.25, -0.2) is 17.6 Å². The predicted octanol–water partition coefficient (Wildman–Crippen LogP) is 10.5. The summed E-state index contributed by atoms with van der Waals surface area (Å²) in [5.74, 6) is 0.754. The molecule has 2 aromatic rings. The number of hydrogen-bond donors (Lipinski definition) is 0. The minimum atomic E-state index is -0.756. The lowest BCUT2D eigenvalue weighted by Gasteiger charge is -2.20. The summed E-state index contributed by atoms with van der Waals surface area (Å²) < 4.78 is 67.3. The second kappa shape index (κ2) is 11.2. The lowest BCUT2D eigenvalue weighted by atomic mass is 9.93. The zero-order valence-electron chi connectivity index (χ0n) is 18.1. The van der Waals surface area contributed by atoms with Gasteiger partial charge >= 0.3 is 0 Å². The summed E-state index contributed by atoms with van der Waals surface area (Å²) >= 11 is 12.6. The summed E-state index contributed by atoms with van der Waals surface area (Å²) in [4.78, 5) is 0. The molecule has 0 nitrogen and oxygen atoms in total. The van der Waals surface area contributed by atoms with Crippen LogP contribution in [0.4, 0.5) is 17.6 Å². The predicted molar refractivity (Wildman–Crippen MR) is 161 cm³/mol. The molecule has 0 atom stereocenters. The molecule has 0 spiro atoms. The van der Waals surface area contributed by atoms with Gasteiger partial charge in [-0.2, -0.15) is 0 Å². The van der Waals surface area contributed by atoms with E-state index >= 15 is 17.6 Å². The highest BCUT2D eigenvalue weighted by atomic mass is 32.3. The van der Waals surface area contributed by atoms with Crippen molar-refractivity contribution in [1.82, 2.24) is 0 Å². The van der Waals surface area contributed by atoms with E-state index < -0.39 is 23.3 Å². The molecule has 12 heteroatoms. The van der Waals surface area contributed by atoms with Crippen LogP contribution in [0.3, 0.4) is 0 Å². The van der Waals surface area contributed by atoms with Gasteiger partial charge < -0.3 is 0 Å². The topological polar surface area (TPSA) is 0 Å². The van der Waals surface area contributed by atoms with Gasteiger partial charge in [0.25, 0.3) is 0 Å². The summed E-state index contributed by atoms with van der Waals surface area (Å²) in [7, 11) is 0. The van der Waals surface area contributed by atoms with Crippen LogP contribution in [-0.4, -0.2) is 23.0 Å². The van der Waals surface area contributed by atoms with Crippen molar-refractivity contribution < 1.29 is 17.6 Å². The fraction of sp³-hybridized carbons (Fsp3) is 0.167. The quantitative estimate of drug-likeness (QED) is 0.302. The number of hydrogen-bond acceptors (Lipinski definition) is 8. The first kappa shape index (κ1) is 26.2. The van der Waals surface area contributed by atoms with Crippen molar-refractivity contribution in [2.24, 2.45) is 0 Å². The Morgan fingerprint density at radius 3 is 1.03 bits per heavy atom. The summed E-state index contributed by atoms with van der Waals surface area (Å²) in [6.45, 7) is 0. The Kier molecular flexibility index (Phi) is 8.13. The van der Waals surface area contributed by atoms with Crippen molar-refractivity contribution in [2.75, 3.05) is 23.0 Å². The normalized spacial score (nSPS) is 19.7. The van der Waals surface area contributed by atoms with Crippen LogP contribution in [0.5, 0.6) is 0 Å². The van der Waals surface area contributed by atoms with Crippen LogP contribution in [0.15, 0.2) is 61.8 Å². The fourth-order valence-corrected chi connectivity index (χ4v) is 15.9. The molecular weight excluding hydrogens is 621 g/mol. The standard InChI is InChI=1S/C24H14F4S8/c25-11-3-1-4-12(26)15(11)17(19-33-21-22(34-19)30-8-7-29-21)18(16-13(27)5-2-6-14(16)28)20-35-23-24(36-20)32-10-9-31-23/h1-6H,7-10H2. The van der Waals surface area contributed by atoms with Crippen molar-refractivity contribution in [3.63, 3.8) is 0 Å². The fourth-order valence-electron chi connectivity index (χ4n) is 3.77. The molecule has 0 N–H and O–H groups in total. The van der Waals surface area contributed by atoms with E-state index in [1.165, 1.54) is 83.4 Å². The summed E-state index contributed by atoms with van der Waals surface area (Å²) in [6.07, 6.45) is 0. The number of halogens is 4. The Hall–Kier alpha value is -0.0800. The van der Waals surface area contributed by atoms with Crippen LogP contribution < -0.4 is 0 Å². The van der Waals surface area contributed by atoms with Gasteiger partial charge in [0, 0.05) is 34.2 Å². The summed E-state index contributed by atoms with van der Waals surface area (Å²) in [6, 6.07) is 7.41. The molecule has 0 saturated heterocycles. The largest absolute Gasteiger partial charge is 0.206 e. The Labute approximate surface area is 240 Å². The number of benzene rings is 2. The van der Waals surface area contributed by atoms with Crippen LogP contribution in [-0.2, 0) is 0 Å². The van der Waals surface area contributed by atoms with E-state index in [1.807, 2.05) is 0 Å². The highest BCUT2D eigenvalue weighted by Crippen LogP contribution is 2.66. The van der Waals surface area contributed by atoms with Crippen LogP contribution in [0.1, 0.15) is 11.1 Å². The van der Waals surface area contributed by atoms with Gasteiger partial charge in [0.15, 0.2) is 0 Å². The minimum absolute atomic E-state index is 0.213. The first-order valence-electron chi connectivity index (χ1n) is 10.6. The second-order valence-corrected chi connectivity index (χ2v) is 17.5. The Bertz CT molecular complexity index is 1210. The molecular formula is C24H14F4S8. The number of thioether (sulfide) groups is 8. The Morgan fingerprint density at radius 1 is 0.472 bits per heavy atom. The number of rotatable bonds is 3. The van der Waals surface area contributed by atoms with Crippen molar-refractivity contribution >= 4 is 105 Å².